The molecular formula is C6H13NO2. The molecule has 1 atom stereocenters. The topological polar surface area (TPSA) is 49.3 Å². The number of hydrogen-bond acceptors (Lipinski definition) is 3. The first kappa shape index (κ1) is 8.59. The van der Waals surface area contributed by atoms with Crippen LogP contribution in [0.15, 0.2) is 0 Å². The van der Waals surface area contributed by atoms with Crippen LogP contribution in [0.4, 0.5) is 0 Å². The Morgan fingerprint density at radius 1 is 1.78 bits per heavy atom. The van der Waals surface area contributed by atoms with Crippen molar-refractivity contribution in [1.82, 2.24) is 5.32 Å². The van der Waals surface area contributed by atoms with Gasteiger partial charge < -0.3 is 10.4 Å². The third-order valence-corrected chi connectivity index (χ3v) is 0.963. The standard InChI is InChI=1S/C6H13NO2/c1-5(8)3-6(9)4-7-2/h6-7,9H,3-4H2,1-2H3. The van der Waals surface area contributed by atoms with Gasteiger partial charge in [-0.05, 0) is 14.0 Å². The summed E-state index contributed by atoms with van der Waals surface area (Å²) in [6.45, 7) is 1.96. The van der Waals surface area contributed by atoms with E-state index in [0.717, 1.165) is 0 Å². The second kappa shape index (κ2) is 4.47. The van der Waals surface area contributed by atoms with Gasteiger partial charge in [0.15, 0.2) is 0 Å². The van der Waals surface area contributed by atoms with Crippen molar-refractivity contribution in [2.75, 3.05) is 13.6 Å². The molecule has 0 rings (SSSR count). The highest BCUT2D eigenvalue weighted by Gasteiger charge is 2.03. The molecule has 0 bridgehead atoms. The van der Waals surface area contributed by atoms with Crippen molar-refractivity contribution in [3.05, 3.63) is 0 Å². The maximum Gasteiger partial charge on any atom is 0.132 e. The van der Waals surface area contributed by atoms with E-state index < -0.39 is 6.10 Å². The maximum absolute atomic E-state index is 10.3. The molecule has 0 radical (unpaired) electrons. The normalized spacial score (nSPS) is 13.2. The predicted octanol–water partition coefficient (Wildman–Crippen LogP) is -0.454. The van der Waals surface area contributed by atoms with Crippen molar-refractivity contribution in [3.63, 3.8) is 0 Å². The van der Waals surface area contributed by atoms with E-state index in [4.69, 9.17) is 5.11 Å². The Morgan fingerprint density at radius 2 is 2.33 bits per heavy atom. The van der Waals surface area contributed by atoms with Gasteiger partial charge in [0.1, 0.15) is 5.78 Å². The average Bonchev–Trinajstić information content (AvgIpc) is 1.63. The number of carbonyl (C=O) groups is 1. The van der Waals surface area contributed by atoms with Crippen molar-refractivity contribution >= 4 is 5.78 Å². The molecule has 2 N–H and O–H groups in total. The first-order valence-electron chi connectivity index (χ1n) is 2.99. The van der Waals surface area contributed by atoms with E-state index in [2.05, 4.69) is 5.32 Å². The minimum absolute atomic E-state index is 0.0257. The van der Waals surface area contributed by atoms with Gasteiger partial charge in [-0.2, -0.15) is 0 Å². The summed E-state index contributed by atoms with van der Waals surface area (Å²) in [6, 6.07) is 0. The molecule has 1 unspecified atom stereocenters. The van der Waals surface area contributed by atoms with Crippen LogP contribution in [-0.4, -0.2) is 30.6 Å². The minimum Gasteiger partial charge on any atom is -0.391 e. The number of hydrogen-bond donors (Lipinski definition) is 2. The number of ketones is 1. The lowest BCUT2D eigenvalue weighted by atomic mass is 10.2. The molecule has 54 valence electrons. The summed E-state index contributed by atoms with van der Waals surface area (Å²) in [7, 11) is 1.74. The Bertz CT molecular complexity index is 93.1. The van der Waals surface area contributed by atoms with Crippen LogP contribution < -0.4 is 5.32 Å². The van der Waals surface area contributed by atoms with Crippen LogP contribution in [0, 0.1) is 0 Å². The third kappa shape index (κ3) is 5.46. The van der Waals surface area contributed by atoms with Crippen molar-refractivity contribution in [2.24, 2.45) is 0 Å². The lowest BCUT2D eigenvalue weighted by Crippen LogP contribution is -2.25. The van der Waals surface area contributed by atoms with Gasteiger partial charge in [-0.1, -0.05) is 0 Å². The Kier molecular flexibility index (Phi) is 4.26. The van der Waals surface area contributed by atoms with Gasteiger partial charge in [-0.15, -0.1) is 0 Å². The first-order valence-corrected chi connectivity index (χ1v) is 2.99. The van der Waals surface area contributed by atoms with Gasteiger partial charge >= 0.3 is 0 Å². The summed E-state index contributed by atoms with van der Waals surface area (Å²) < 4.78 is 0. The molecule has 0 spiro atoms. The van der Waals surface area contributed by atoms with Gasteiger partial charge in [0.2, 0.25) is 0 Å². The second-order valence-corrected chi connectivity index (χ2v) is 2.12. The fourth-order valence-corrected chi connectivity index (χ4v) is 0.640. The summed E-state index contributed by atoms with van der Waals surface area (Å²) in [4.78, 5) is 10.3. The molecule has 0 saturated heterocycles. The number of nitrogens with one attached hydrogen (secondary N) is 1. The highest BCUT2D eigenvalue weighted by molar-refractivity contribution is 5.75. The summed E-state index contributed by atoms with van der Waals surface area (Å²) in [5.74, 6) is 0.0257. The van der Waals surface area contributed by atoms with Crippen LogP contribution >= 0.6 is 0 Å². The first-order chi connectivity index (χ1) is 4.16. The molecule has 0 amide bonds. The zero-order valence-corrected chi connectivity index (χ0v) is 5.85. The number of carbonyl (C=O) groups excluding carboxylic acids is 1. The van der Waals surface area contributed by atoms with E-state index in [9.17, 15) is 4.79 Å². The number of rotatable bonds is 4. The fraction of sp³-hybridized carbons (Fsp3) is 0.833. The van der Waals surface area contributed by atoms with Crippen LogP contribution in [0.3, 0.4) is 0 Å². The Morgan fingerprint density at radius 3 is 2.67 bits per heavy atom. The highest BCUT2D eigenvalue weighted by atomic mass is 16.3. The number of Topliss-reactive ketones (excluding diaryl/α,β-unsaturated/α-hetero) is 1. The molecular weight excluding hydrogens is 118 g/mol. The monoisotopic (exact) mass is 131 g/mol. The lowest BCUT2D eigenvalue weighted by molar-refractivity contribution is -0.118. The molecule has 0 aliphatic rings. The van der Waals surface area contributed by atoms with E-state index in [1.165, 1.54) is 6.92 Å². The number of aliphatic hydroxyl groups excluding tert-OH is 1. The molecule has 0 aromatic carbocycles. The number of likely N-dealkylation sites (N-methyl/N-ethyl adjacent to an activating group) is 1. The van der Waals surface area contributed by atoms with Crippen LogP contribution in [0.5, 0.6) is 0 Å². The molecule has 0 aliphatic heterocycles. The highest BCUT2D eigenvalue weighted by Crippen LogP contribution is 1.89. The largest absolute Gasteiger partial charge is 0.391 e. The van der Waals surface area contributed by atoms with E-state index in [-0.39, 0.29) is 12.2 Å². The van der Waals surface area contributed by atoms with Gasteiger partial charge in [0, 0.05) is 13.0 Å². The Balaban J connectivity index is 3.26. The third-order valence-electron chi connectivity index (χ3n) is 0.963. The van der Waals surface area contributed by atoms with E-state index in [1.54, 1.807) is 7.05 Å². The van der Waals surface area contributed by atoms with E-state index in [0.29, 0.717) is 6.54 Å². The molecule has 0 aliphatic carbocycles. The van der Waals surface area contributed by atoms with Gasteiger partial charge in [0.25, 0.3) is 0 Å². The zero-order chi connectivity index (χ0) is 7.28. The SMILES string of the molecule is CNCC(O)CC(C)=O. The predicted molar refractivity (Wildman–Crippen MR) is 35.2 cm³/mol. The molecule has 0 fully saturated rings. The molecule has 9 heavy (non-hydrogen) atoms. The molecule has 3 heteroatoms. The van der Waals surface area contributed by atoms with Crippen LogP contribution in [0.1, 0.15) is 13.3 Å². The van der Waals surface area contributed by atoms with Crippen LogP contribution in [0.2, 0.25) is 0 Å². The lowest BCUT2D eigenvalue weighted by Gasteiger charge is -2.05. The Hall–Kier alpha value is -0.410. The van der Waals surface area contributed by atoms with Crippen molar-refractivity contribution in [2.45, 2.75) is 19.4 Å². The maximum atomic E-state index is 10.3. The van der Waals surface area contributed by atoms with Crippen LogP contribution in [-0.2, 0) is 4.79 Å². The smallest absolute Gasteiger partial charge is 0.132 e. The van der Waals surface area contributed by atoms with Gasteiger partial charge in [-0.25, -0.2) is 0 Å². The summed E-state index contributed by atoms with van der Waals surface area (Å²) in [5, 5.41) is 11.7. The summed E-state index contributed by atoms with van der Waals surface area (Å²) in [6.07, 6.45) is -0.270. The minimum atomic E-state index is -0.521. The number of aliphatic hydroxyl groups is 1. The zero-order valence-electron chi connectivity index (χ0n) is 5.85. The van der Waals surface area contributed by atoms with Gasteiger partial charge in [0.05, 0.1) is 6.10 Å². The molecule has 0 aromatic heterocycles. The van der Waals surface area contributed by atoms with Crippen LogP contribution in [0.25, 0.3) is 0 Å². The summed E-state index contributed by atoms with van der Waals surface area (Å²) >= 11 is 0. The summed E-state index contributed by atoms with van der Waals surface area (Å²) in [5.41, 5.74) is 0. The molecule has 0 saturated carbocycles. The quantitative estimate of drug-likeness (QED) is 0.543. The second-order valence-electron chi connectivity index (χ2n) is 2.12. The van der Waals surface area contributed by atoms with Gasteiger partial charge in [-0.3, -0.25) is 4.79 Å². The van der Waals surface area contributed by atoms with Crippen molar-refractivity contribution in [1.29, 1.82) is 0 Å². The van der Waals surface area contributed by atoms with Crippen molar-refractivity contribution in [3.8, 4) is 0 Å². The molecule has 0 heterocycles. The van der Waals surface area contributed by atoms with E-state index in [1.807, 2.05) is 0 Å². The fourth-order valence-electron chi connectivity index (χ4n) is 0.640. The Labute approximate surface area is 55.1 Å². The average molecular weight is 131 g/mol. The van der Waals surface area contributed by atoms with E-state index >= 15 is 0 Å². The molecule has 3 nitrogen and oxygen atoms in total. The molecule has 0 aromatic rings. The van der Waals surface area contributed by atoms with Crippen molar-refractivity contribution < 1.29 is 9.90 Å².